The summed E-state index contributed by atoms with van der Waals surface area (Å²) in [7, 11) is 1.82. The molecule has 0 radical (unpaired) electrons. The van der Waals surface area contributed by atoms with E-state index in [-0.39, 0.29) is 5.91 Å². The minimum atomic E-state index is 0.0429. The summed E-state index contributed by atoms with van der Waals surface area (Å²) in [5, 5.41) is 0. The summed E-state index contributed by atoms with van der Waals surface area (Å²) in [6.45, 7) is 2.58. The molecule has 0 bridgehead atoms. The van der Waals surface area contributed by atoms with E-state index in [2.05, 4.69) is 27.6 Å². The smallest absolute Gasteiger partial charge is 0.253 e. The zero-order valence-electron chi connectivity index (χ0n) is 10.2. The molecule has 1 heterocycles. The van der Waals surface area contributed by atoms with Gasteiger partial charge < -0.3 is 4.90 Å². The van der Waals surface area contributed by atoms with Gasteiger partial charge >= 0.3 is 0 Å². The molecule has 0 aliphatic carbocycles. The first-order valence-electron chi connectivity index (χ1n) is 5.48. The van der Waals surface area contributed by atoms with Gasteiger partial charge in [-0.05, 0) is 47.7 Å². The summed E-state index contributed by atoms with van der Waals surface area (Å²) >= 11 is 3.80. The Labute approximate surface area is 124 Å². The molecular weight excluding hydrogens is 359 g/mol. The Morgan fingerprint density at radius 3 is 2.89 bits per heavy atom. The Kier molecular flexibility index (Phi) is 4.34. The summed E-state index contributed by atoms with van der Waals surface area (Å²) in [6.07, 6.45) is 0. The number of benzene rings is 1. The van der Waals surface area contributed by atoms with E-state index in [0.29, 0.717) is 6.54 Å². The molecule has 0 fully saturated rings. The third-order valence-electron chi connectivity index (χ3n) is 2.64. The van der Waals surface area contributed by atoms with Crippen LogP contribution in [0.2, 0.25) is 0 Å². The lowest BCUT2D eigenvalue weighted by atomic mass is 10.2. The van der Waals surface area contributed by atoms with Gasteiger partial charge in [-0.3, -0.25) is 4.79 Å². The summed E-state index contributed by atoms with van der Waals surface area (Å²) in [4.78, 5) is 19.3. The summed E-state index contributed by atoms with van der Waals surface area (Å²) in [5.41, 5.74) is 3.54. The van der Waals surface area contributed by atoms with Gasteiger partial charge in [0.05, 0.1) is 17.7 Å². The van der Waals surface area contributed by atoms with Crippen LogP contribution in [0.3, 0.4) is 0 Å². The van der Waals surface area contributed by atoms with Crippen molar-refractivity contribution < 1.29 is 4.79 Å². The van der Waals surface area contributed by atoms with Crippen molar-refractivity contribution >= 4 is 39.8 Å². The summed E-state index contributed by atoms with van der Waals surface area (Å²) < 4.78 is 1.07. The Morgan fingerprint density at radius 2 is 2.28 bits per heavy atom. The number of amides is 1. The number of nitrogens with zero attached hydrogens (tertiary/aromatic N) is 2. The zero-order valence-corrected chi connectivity index (χ0v) is 13.2. The van der Waals surface area contributed by atoms with E-state index in [0.717, 1.165) is 19.7 Å². The molecule has 18 heavy (non-hydrogen) atoms. The van der Waals surface area contributed by atoms with Gasteiger partial charge in [-0.25, -0.2) is 4.98 Å². The van der Waals surface area contributed by atoms with Crippen molar-refractivity contribution in [1.29, 1.82) is 0 Å². The molecule has 0 atom stereocenters. The molecule has 2 aromatic rings. The maximum absolute atomic E-state index is 12.2. The zero-order chi connectivity index (χ0) is 13.1. The van der Waals surface area contributed by atoms with Gasteiger partial charge in [0.15, 0.2) is 0 Å². The molecule has 1 amide bonds. The summed E-state index contributed by atoms with van der Waals surface area (Å²) in [6, 6.07) is 7.63. The monoisotopic (exact) mass is 372 g/mol. The molecule has 1 aromatic heterocycles. The molecule has 0 aliphatic heterocycles. The van der Waals surface area contributed by atoms with Crippen LogP contribution in [-0.2, 0) is 6.54 Å². The van der Waals surface area contributed by atoms with Crippen molar-refractivity contribution in [2.45, 2.75) is 13.5 Å². The van der Waals surface area contributed by atoms with Gasteiger partial charge in [-0.15, -0.1) is 11.3 Å². The van der Waals surface area contributed by atoms with Crippen molar-refractivity contribution in [3.8, 4) is 0 Å². The van der Waals surface area contributed by atoms with E-state index in [1.807, 2.05) is 43.7 Å². The largest absolute Gasteiger partial charge is 0.336 e. The van der Waals surface area contributed by atoms with Crippen LogP contribution in [0.15, 0.2) is 29.8 Å². The molecule has 0 unspecified atom stereocenters. The van der Waals surface area contributed by atoms with Crippen LogP contribution in [0, 0.1) is 10.5 Å². The predicted octanol–water partition coefficient (Wildman–Crippen LogP) is 3.33. The van der Waals surface area contributed by atoms with E-state index in [9.17, 15) is 4.79 Å². The molecule has 3 nitrogen and oxygen atoms in total. The normalized spacial score (nSPS) is 10.4. The van der Waals surface area contributed by atoms with Crippen LogP contribution in [0.1, 0.15) is 20.9 Å². The number of hydrogen-bond acceptors (Lipinski definition) is 3. The number of aryl methyl sites for hydroxylation is 1. The number of aromatic nitrogens is 1. The van der Waals surface area contributed by atoms with Crippen LogP contribution >= 0.6 is 33.9 Å². The first-order valence-corrected chi connectivity index (χ1v) is 7.44. The average Bonchev–Trinajstić information content (AvgIpc) is 2.74. The molecule has 0 spiro atoms. The van der Waals surface area contributed by atoms with E-state index in [4.69, 9.17) is 0 Å². The number of thiazole rings is 1. The lowest BCUT2D eigenvalue weighted by Gasteiger charge is -2.16. The number of carbonyl (C=O) groups is 1. The minimum absolute atomic E-state index is 0.0429. The highest BCUT2D eigenvalue weighted by molar-refractivity contribution is 14.1. The number of carbonyl (C=O) groups excluding carboxylic acids is 1. The van der Waals surface area contributed by atoms with E-state index in [1.54, 1.807) is 16.2 Å². The van der Waals surface area contributed by atoms with Crippen molar-refractivity contribution in [3.63, 3.8) is 0 Å². The van der Waals surface area contributed by atoms with Crippen molar-refractivity contribution in [3.05, 3.63) is 49.5 Å². The van der Waals surface area contributed by atoms with Gasteiger partial charge in [0.2, 0.25) is 0 Å². The van der Waals surface area contributed by atoms with E-state index in [1.165, 1.54) is 0 Å². The maximum atomic E-state index is 12.2. The number of rotatable bonds is 3. The van der Waals surface area contributed by atoms with Crippen molar-refractivity contribution in [2.75, 3.05) is 7.05 Å². The maximum Gasteiger partial charge on any atom is 0.253 e. The van der Waals surface area contributed by atoms with Gasteiger partial charge in [-0.2, -0.15) is 0 Å². The SMILES string of the molecule is Cc1ncsc1CN(C)C(=O)c1cccc(I)c1. The highest BCUT2D eigenvalue weighted by Gasteiger charge is 2.14. The Morgan fingerprint density at radius 1 is 1.50 bits per heavy atom. The fourth-order valence-electron chi connectivity index (χ4n) is 1.61. The Bertz CT molecular complexity index is 568. The molecule has 0 saturated carbocycles. The molecule has 2 rings (SSSR count). The van der Waals surface area contributed by atoms with E-state index < -0.39 is 0 Å². The molecule has 5 heteroatoms. The van der Waals surface area contributed by atoms with Gasteiger partial charge in [0, 0.05) is 21.1 Å². The van der Waals surface area contributed by atoms with Gasteiger partial charge in [-0.1, -0.05) is 6.07 Å². The highest BCUT2D eigenvalue weighted by Crippen LogP contribution is 2.16. The van der Waals surface area contributed by atoms with Gasteiger partial charge in [0.25, 0.3) is 5.91 Å². The molecule has 0 saturated heterocycles. The Hall–Kier alpha value is -0.950. The highest BCUT2D eigenvalue weighted by atomic mass is 127. The van der Waals surface area contributed by atoms with Crippen LogP contribution in [0.5, 0.6) is 0 Å². The third kappa shape index (κ3) is 3.08. The molecular formula is C13H13IN2OS. The van der Waals surface area contributed by atoms with Crippen molar-refractivity contribution in [2.24, 2.45) is 0 Å². The third-order valence-corrected chi connectivity index (χ3v) is 4.23. The minimum Gasteiger partial charge on any atom is -0.336 e. The number of halogens is 1. The first kappa shape index (κ1) is 13.5. The topological polar surface area (TPSA) is 33.2 Å². The van der Waals surface area contributed by atoms with Crippen LogP contribution in [0.25, 0.3) is 0 Å². The van der Waals surface area contributed by atoms with Crippen LogP contribution < -0.4 is 0 Å². The lowest BCUT2D eigenvalue weighted by molar-refractivity contribution is 0.0786. The second kappa shape index (κ2) is 5.79. The second-order valence-corrected chi connectivity index (χ2v) is 6.22. The summed E-state index contributed by atoms with van der Waals surface area (Å²) in [5.74, 6) is 0.0429. The molecule has 0 aliphatic rings. The van der Waals surface area contributed by atoms with Crippen LogP contribution in [-0.4, -0.2) is 22.8 Å². The number of hydrogen-bond donors (Lipinski definition) is 0. The molecule has 1 aromatic carbocycles. The van der Waals surface area contributed by atoms with Crippen LogP contribution in [0.4, 0.5) is 0 Å². The predicted molar refractivity (Wildman–Crippen MR) is 81.8 cm³/mol. The first-order chi connectivity index (χ1) is 8.58. The lowest BCUT2D eigenvalue weighted by Crippen LogP contribution is -2.26. The van der Waals surface area contributed by atoms with E-state index >= 15 is 0 Å². The Balaban J connectivity index is 2.12. The quantitative estimate of drug-likeness (QED) is 0.775. The van der Waals surface area contributed by atoms with Gasteiger partial charge in [0.1, 0.15) is 0 Å². The molecule has 0 N–H and O–H groups in total. The average molecular weight is 372 g/mol. The molecule has 94 valence electrons. The second-order valence-electron chi connectivity index (χ2n) is 4.03. The standard InChI is InChI=1S/C13H13IN2OS/c1-9-12(18-8-15-9)7-16(2)13(17)10-4-3-5-11(14)6-10/h3-6,8H,7H2,1-2H3. The van der Waals surface area contributed by atoms with Crippen molar-refractivity contribution in [1.82, 2.24) is 9.88 Å². The fraction of sp³-hybridized carbons (Fsp3) is 0.231. The fourth-order valence-corrected chi connectivity index (χ4v) is 2.98.